The molecule has 1 aromatic heterocycles. The molecular formula is C17H30N6O2. The van der Waals surface area contributed by atoms with Crippen molar-refractivity contribution in [3.05, 3.63) is 18.5 Å². The van der Waals surface area contributed by atoms with Gasteiger partial charge >= 0.3 is 0 Å². The van der Waals surface area contributed by atoms with Crippen molar-refractivity contribution < 1.29 is 9.47 Å². The van der Waals surface area contributed by atoms with E-state index in [0.717, 1.165) is 64.1 Å². The summed E-state index contributed by atoms with van der Waals surface area (Å²) in [6.45, 7) is 6.64. The van der Waals surface area contributed by atoms with Crippen LogP contribution in [0.5, 0.6) is 0 Å². The molecule has 25 heavy (non-hydrogen) atoms. The third kappa shape index (κ3) is 6.83. The van der Waals surface area contributed by atoms with E-state index in [4.69, 9.17) is 9.47 Å². The molecule has 8 nitrogen and oxygen atoms in total. The second-order valence-electron chi connectivity index (χ2n) is 5.81. The third-order valence-corrected chi connectivity index (χ3v) is 4.06. The summed E-state index contributed by atoms with van der Waals surface area (Å²) in [6.07, 6.45) is 5.67. The zero-order valence-corrected chi connectivity index (χ0v) is 15.4. The minimum absolute atomic E-state index is 0.658. The van der Waals surface area contributed by atoms with Gasteiger partial charge in [0.25, 0.3) is 0 Å². The lowest BCUT2D eigenvalue weighted by molar-refractivity contribution is 0.0689. The topological polar surface area (TPSA) is 75.1 Å². The van der Waals surface area contributed by atoms with Gasteiger partial charge in [-0.15, -0.1) is 0 Å². The molecule has 1 N–H and O–H groups in total. The zero-order chi connectivity index (χ0) is 17.7. The van der Waals surface area contributed by atoms with E-state index in [1.807, 2.05) is 13.1 Å². The summed E-state index contributed by atoms with van der Waals surface area (Å²) in [5.41, 5.74) is 0. The Balaban J connectivity index is 1.62. The highest BCUT2D eigenvalue weighted by Crippen LogP contribution is 2.09. The van der Waals surface area contributed by atoms with Crippen molar-refractivity contribution in [3.63, 3.8) is 0 Å². The smallest absolute Gasteiger partial charge is 0.225 e. The van der Waals surface area contributed by atoms with Crippen molar-refractivity contribution in [2.45, 2.75) is 12.8 Å². The predicted molar refractivity (Wildman–Crippen MR) is 99.1 cm³/mol. The fraction of sp³-hybridized carbons (Fsp3) is 0.706. The predicted octanol–water partition coefficient (Wildman–Crippen LogP) is 0.617. The minimum atomic E-state index is 0.658. The van der Waals surface area contributed by atoms with E-state index in [1.54, 1.807) is 19.5 Å². The lowest BCUT2D eigenvalue weighted by Crippen LogP contribution is -2.53. The van der Waals surface area contributed by atoms with Gasteiger partial charge in [0.15, 0.2) is 5.96 Å². The van der Waals surface area contributed by atoms with E-state index in [1.165, 1.54) is 0 Å². The van der Waals surface area contributed by atoms with Gasteiger partial charge in [-0.25, -0.2) is 9.97 Å². The Kier molecular flexibility index (Phi) is 9.00. The monoisotopic (exact) mass is 350 g/mol. The van der Waals surface area contributed by atoms with Crippen molar-refractivity contribution in [2.75, 3.05) is 71.6 Å². The maximum absolute atomic E-state index is 5.47. The molecule has 1 aliphatic heterocycles. The summed E-state index contributed by atoms with van der Waals surface area (Å²) in [4.78, 5) is 17.5. The Morgan fingerprint density at radius 1 is 1.12 bits per heavy atom. The molecule has 0 saturated carbocycles. The van der Waals surface area contributed by atoms with E-state index in [2.05, 4.69) is 30.1 Å². The molecule has 1 aromatic rings. The molecule has 0 bridgehead atoms. The van der Waals surface area contributed by atoms with Crippen molar-refractivity contribution >= 4 is 11.9 Å². The van der Waals surface area contributed by atoms with Crippen LogP contribution in [0.4, 0.5) is 5.95 Å². The first-order valence-electron chi connectivity index (χ1n) is 8.89. The maximum atomic E-state index is 5.47. The molecule has 0 spiro atoms. The molecule has 2 rings (SSSR count). The molecule has 1 fully saturated rings. The normalized spacial score (nSPS) is 15.5. The quantitative estimate of drug-likeness (QED) is 0.397. The molecule has 0 radical (unpaired) electrons. The number of nitrogens with one attached hydrogen (secondary N) is 1. The number of hydrogen-bond donors (Lipinski definition) is 1. The van der Waals surface area contributed by atoms with Crippen LogP contribution < -0.4 is 10.2 Å². The van der Waals surface area contributed by atoms with Gasteiger partial charge in [-0.2, -0.15) is 0 Å². The molecule has 0 aliphatic carbocycles. The number of unbranched alkanes of at least 4 members (excludes halogenated alkanes) is 1. The SMILES string of the molecule is CN=C(NCCCCOCCOC)N1CCN(c2ncccn2)CC1. The lowest BCUT2D eigenvalue weighted by atomic mass is 10.3. The highest BCUT2D eigenvalue weighted by molar-refractivity contribution is 5.80. The van der Waals surface area contributed by atoms with E-state index < -0.39 is 0 Å². The van der Waals surface area contributed by atoms with Crippen LogP contribution in [0.1, 0.15) is 12.8 Å². The first kappa shape index (κ1) is 19.4. The van der Waals surface area contributed by atoms with Crippen molar-refractivity contribution in [1.29, 1.82) is 0 Å². The van der Waals surface area contributed by atoms with Crippen LogP contribution in [-0.4, -0.2) is 87.5 Å². The van der Waals surface area contributed by atoms with Crippen LogP contribution in [0.15, 0.2) is 23.5 Å². The molecule has 8 heteroatoms. The summed E-state index contributed by atoms with van der Waals surface area (Å²) in [6, 6.07) is 1.84. The third-order valence-electron chi connectivity index (χ3n) is 4.06. The van der Waals surface area contributed by atoms with Gasteiger partial charge in [0.1, 0.15) is 0 Å². The molecule has 1 aliphatic rings. The molecule has 0 amide bonds. The van der Waals surface area contributed by atoms with Crippen LogP contribution in [0.2, 0.25) is 0 Å². The first-order chi connectivity index (χ1) is 12.3. The molecule has 0 unspecified atom stereocenters. The summed E-state index contributed by atoms with van der Waals surface area (Å²) in [5.74, 6) is 1.77. The van der Waals surface area contributed by atoms with Gasteiger partial charge in [0.2, 0.25) is 5.95 Å². The van der Waals surface area contributed by atoms with E-state index in [9.17, 15) is 0 Å². The summed E-state index contributed by atoms with van der Waals surface area (Å²) < 4.78 is 10.4. The van der Waals surface area contributed by atoms with Crippen molar-refractivity contribution in [1.82, 2.24) is 20.2 Å². The Bertz CT molecular complexity index is 491. The highest BCUT2D eigenvalue weighted by atomic mass is 16.5. The van der Waals surface area contributed by atoms with Crippen LogP contribution in [0.25, 0.3) is 0 Å². The van der Waals surface area contributed by atoms with Gasteiger partial charge in [-0.05, 0) is 18.9 Å². The number of aromatic nitrogens is 2. The standard InChI is InChI=1S/C17H30N6O2/c1-18-16(19-6-3-4-13-25-15-14-24-2)22-9-11-23(12-10-22)17-20-7-5-8-21-17/h5,7-8H,3-4,6,9-15H2,1-2H3,(H,18,19). The number of nitrogens with zero attached hydrogens (tertiary/aromatic N) is 5. The van der Waals surface area contributed by atoms with Crippen LogP contribution in [0.3, 0.4) is 0 Å². The molecule has 2 heterocycles. The van der Waals surface area contributed by atoms with E-state index >= 15 is 0 Å². The second kappa shape index (κ2) is 11.6. The largest absolute Gasteiger partial charge is 0.382 e. The fourth-order valence-electron chi connectivity index (χ4n) is 2.68. The number of hydrogen-bond acceptors (Lipinski definition) is 6. The molecule has 140 valence electrons. The first-order valence-corrected chi connectivity index (χ1v) is 8.89. The number of piperazine rings is 1. The number of ether oxygens (including phenoxy) is 2. The molecular weight excluding hydrogens is 320 g/mol. The van der Waals surface area contributed by atoms with Gasteiger partial charge < -0.3 is 24.6 Å². The molecule has 0 atom stereocenters. The number of aliphatic imine (C=N–C) groups is 1. The number of rotatable bonds is 9. The Morgan fingerprint density at radius 2 is 1.88 bits per heavy atom. The number of guanidine groups is 1. The van der Waals surface area contributed by atoms with Crippen molar-refractivity contribution in [2.24, 2.45) is 4.99 Å². The molecule has 1 saturated heterocycles. The zero-order valence-electron chi connectivity index (χ0n) is 15.4. The molecule has 0 aromatic carbocycles. The number of anilines is 1. The Hall–Kier alpha value is -1.93. The fourth-order valence-corrected chi connectivity index (χ4v) is 2.68. The Morgan fingerprint density at radius 3 is 2.56 bits per heavy atom. The van der Waals surface area contributed by atoms with Gasteiger partial charge in [0.05, 0.1) is 13.2 Å². The minimum Gasteiger partial charge on any atom is -0.382 e. The summed E-state index contributed by atoms with van der Waals surface area (Å²) in [5, 5.41) is 3.44. The van der Waals surface area contributed by atoms with Crippen molar-refractivity contribution in [3.8, 4) is 0 Å². The van der Waals surface area contributed by atoms with Crippen LogP contribution in [0, 0.1) is 0 Å². The average molecular weight is 350 g/mol. The summed E-state index contributed by atoms with van der Waals surface area (Å²) >= 11 is 0. The van der Waals surface area contributed by atoms with Gasteiger partial charge in [0, 0.05) is 65.9 Å². The van der Waals surface area contributed by atoms with Crippen LogP contribution >= 0.6 is 0 Å². The average Bonchev–Trinajstić information content (AvgIpc) is 2.68. The maximum Gasteiger partial charge on any atom is 0.225 e. The Labute approximate surface area is 150 Å². The van der Waals surface area contributed by atoms with Gasteiger partial charge in [-0.1, -0.05) is 0 Å². The van der Waals surface area contributed by atoms with E-state index in [0.29, 0.717) is 13.2 Å². The van der Waals surface area contributed by atoms with Gasteiger partial charge in [-0.3, -0.25) is 4.99 Å². The second-order valence-corrected chi connectivity index (χ2v) is 5.81. The number of methoxy groups -OCH3 is 1. The van der Waals surface area contributed by atoms with Crippen LogP contribution in [-0.2, 0) is 9.47 Å². The highest BCUT2D eigenvalue weighted by Gasteiger charge is 2.20. The summed E-state index contributed by atoms with van der Waals surface area (Å²) in [7, 11) is 3.52. The van der Waals surface area contributed by atoms with E-state index in [-0.39, 0.29) is 0 Å². The lowest BCUT2D eigenvalue weighted by Gasteiger charge is -2.36.